The zero-order chi connectivity index (χ0) is 14.6. The van der Waals surface area contributed by atoms with Crippen LogP contribution >= 0.6 is 15.9 Å². The molecule has 0 bridgehead atoms. The second kappa shape index (κ2) is 6.70. The van der Waals surface area contributed by atoms with Crippen LogP contribution in [0.2, 0.25) is 0 Å². The Morgan fingerprint density at radius 3 is 3.00 bits per heavy atom. The number of halogens is 1. The van der Waals surface area contributed by atoms with Crippen LogP contribution in [0.15, 0.2) is 22.7 Å². The van der Waals surface area contributed by atoms with Gasteiger partial charge in [-0.3, -0.25) is 4.79 Å². The molecule has 1 aromatic rings. The average Bonchev–Trinajstić information content (AvgIpc) is 2.88. The zero-order valence-corrected chi connectivity index (χ0v) is 13.5. The van der Waals surface area contributed by atoms with Gasteiger partial charge in [-0.15, -0.1) is 0 Å². The van der Waals surface area contributed by atoms with Gasteiger partial charge in [0, 0.05) is 23.7 Å². The molecular weight excluding hydrogens is 320 g/mol. The minimum absolute atomic E-state index is 0.0343. The molecule has 1 unspecified atom stereocenters. The van der Waals surface area contributed by atoms with E-state index in [-0.39, 0.29) is 11.4 Å². The van der Waals surface area contributed by atoms with Crippen molar-refractivity contribution in [2.75, 3.05) is 26.8 Å². The number of hydrogen-bond acceptors (Lipinski definition) is 3. The van der Waals surface area contributed by atoms with E-state index in [0.717, 1.165) is 29.4 Å². The number of methoxy groups -OCH3 is 1. The number of amides is 1. The lowest BCUT2D eigenvalue weighted by molar-refractivity contribution is 0.0891. The second-order valence-electron chi connectivity index (χ2n) is 5.39. The van der Waals surface area contributed by atoms with E-state index in [1.165, 1.54) is 0 Å². The van der Waals surface area contributed by atoms with Crippen LogP contribution in [-0.2, 0) is 4.74 Å². The van der Waals surface area contributed by atoms with E-state index >= 15 is 0 Å². The molecule has 0 aliphatic carbocycles. The van der Waals surface area contributed by atoms with Gasteiger partial charge in [0.1, 0.15) is 0 Å². The summed E-state index contributed by atoms with van der Waals surface area (Å²) in [5.41, 5.74) is 1.57. The molecular formula is C15H21BrN2O2. The average molecular weight is 341 g/mol. The lowest BCUT2D eigenvalue weighted by Gasteiger charge is -2.29. The zero-order valence-electron chi connectivity index (χ0n) is 12.0. The van der Waals surface area contributed by atoms with Crippen LogP contribution in [-0.4, -0.2) is 38.3 Å². The van der Waals surface area contributed by atoms with Crippen molar-refractivity contribution in [3.63, 3.8) is 0 Å². The summed E-state index contributed by atoms with van der Waals surface area (Å²) in [4.78, 5) is 12.3. The van der Waals surface area contributed by atoms with Gasteiger partial charge in [-0.2, -0.15) is 0 Å². The predicted molar refractivity (Wildman–Crippen MR) is 83.1 cm³/mol. The van der Waals surface area contributed by atoms with Crippen molar-refractivity contribution in [1.82, 2.24) is 10.6 Å². The van der Waals surface area contributed by atoms with E-state index in [4.69, 9.17) is 4.74 Å². The molecule has 2 N–H and O–H groups in total. The van der Waals surface area contributed by atoms with Gasteiger partial charge in [-0.05, 0) is 44.0 Å². The van der Waals surface area contributed by atoms with Gasteiger partial charge < -0.3 is 15.4 Å². The fourth-order valence-electron chi connectivity index (χ4n) is 2.65. The van der Waals surface area contributed by atoms with Gasteiger partial charge in [0.2, 0.25) is 0 Å². The Hall–Kier alpha value is -0.910. The van der Waals surface area contributed by atoms with E-state index in [9.17, 15) is 4.79 Å². The molecule has 2 rings (SSSR count). The molecule has 110 valence electrons. The Balaban J connectivity index is 2.02. The Bertz CT molecular complexity index is 485. The maximum absolute atomic E-state index is 12.3. The summed E-state index contributed by atoms with van der Waals surface area (Å²) in [6.45, 7) is 4.13. The van der Waals surface area contributed by atoms with Gasteiger partial charge >= 0.3 is 0 Å². The molecule has 1 fully saturated rings. The Morgan fingerprint density at radius 2 is 2.35 bits per heavy atom. The van der Waals surface area contributed by atoms with Crippen LogP contribution in [0.4, 0.5) is 0 Å². The number of rotatable bonds is 5. The molecule has 1 amide bonds. The third-order valence-corrected chi connectivity index (χ3v) is 4.28. The number of nitrogens with one attached hydrogen (secondary N) is 2. The molecule has 20 heavy (non-hydrogen) atoms. The van der Waals surface area contributed by atoms with Gasteiger partial charge in [0.25, 0.3) is 5.91 Å². The van der Waals surface area contributed by atoms with Crippen molar-refractivity contribution in [2.45, 2.75) is 25.3 Å². The lowest BCUT2D eigenvalue weighted by atomic mass is 9.98. The fraction of sp³-hybridized carbons (Fsp3) is 0.533. The van der Waals surface area contributed by atoms with Crippen LogP contribution in [0.3, 0.4) is 0 Å². The summed E-state index contributed by atoms with van der Waals surface area (Å²) < 4.78 is 6.20. The van der Waals surface area contributed by atoms with E-state index in [2.05, 4.69) is 26.6 Å². The van der Waals surface area contributed by atoms with Gasteiger partial charge in [0.05, 0.1) is 12.1 Å². The Morgan fingerprint density at radius 1 is 1.55 bits per heavy atom. The lowest BCUT2D eigenvalue weighted by Crippen LogP contribution is -2.53. The number of carbonyl (C=O) groups is 1. The van der Waals surface area contributed by atoms with E-state index in [1.54, 1.807) is 7.11 Å². The highest BCUT2D eigenvalue weighted by atomic mass is 79.9. The van der Waals surface area contributed by atoms with E-state index in [1.807, 2.05) is 25.1 Å². The van der Waals surface area contributed by atoms with Crippen molar-refractivity contribution in [1.29, 1.82) is 0 Å². The molecule has 1 atom stereocenters. The first-order chi connectivity index (χ1) is 9.56. The van der Waals surface area contributed by atoms with Crippen LogP contribution in [0.1, 0.15) is 28.8 Å². The number of carbonyl (C=O) groups excluding carboxylic acids is 1. The molecule has 1 aliphatic heterocycles. The van der Waals surface area contributed by atoms with E-state index < -0.39 is 0 Å². The first kappa shape index (κ1) is 15.5. The standard InChI is InChI=1S/C15H21BrN2O2/c1-11-4-5-12(16)8-13(11)14(19)17-9-15(10-20-2)6-3-7-18-15/h4-5,8,18H,3,6-7,9-10H2,1-2H3,(H,17,19). The number of aryl methyl sites for hydroxylation is 1. The highest BCUT2D eigenvalue weighted by Crippen LogP contribution is 2.20. The number of hydrogen-bond donors (Lipinski definition) is 2. The quantitative estimate of drug-likeness (QED) is 0.864. The second-order valence-corrected chi connectivity index (χ2v) is 6.30. The molecule has 0 aromatic heterocycles. The number of benzene rings is 1. The number of ether oxygens (including phenoxy) is 1. The minimum atomic E-state index is -0.121. The normalized spacial score (nSPS) is 21.9. The van der Waals surface area contributed by atoms with Crippen molar-refractivity contribution in [3.05, 3.63) is 33.8 Å². The highest BCUT2D eigenvalue weighted by molar-refractivity contribution is 9.10. The molecule has 0 saturated carbocycles. The monoisotopic (exact) mass is 340 g/mol. The SMILES string of the molecule is COCC1(CNC(=O)c2cc(Br)ccc2C)CCCN1. The van der Waals surface area contributed by atoms with Crippen molar-refractivity contribution in [3.8, 4) is 0 Å². The smallest absolute Gasteiger partial charge is 0.251 e. The van der Waals surface area contributed by atoms with Gasteiger partial charge in [-0.25, -0.2) is 0 Å². The van der Waals surface area contributed by atoms with Gasteiger partial charge in [0.15, 0.2) is 0 Å². The highest BCUT2D eigenvalue weighted by Gasteiger charge is 2.33. The maximum Gasteiger partial charge on any atom is 0.251 e. The minimum Gasteiger partial charge on any atom is -0.383 e. The molecule has 1 aliphatic rings. The summed E-state index contributed by atoms with van der Waals surface area (Å²) in [5, 5.41) is 6.49. The molecule has 0 spiro atoms. The summed E-state index contributed by atoms with van der Waals surface area (Å²) >= 11 is 3.41. The summed E-state index contributed by atoms with van der Waals surface area (Å²) in [7, 11) is 1.70. The largest absolute Gasteiger partial charge is 0.383 e. The molecule has 1 heterocycles. The molecule has 4 nitrogen and oxygen atoms in total. The van der Waals surface area contributed by atoms with Crippen molar-refractivity contribution < 1.29 is 9.53 Å². The molecule has 5 heteroatoms. The third-order valence-electron chi connectivity index (χ3n) is 3.78. The van der Waals surface area contributed by atoms with Crippen molar-refractivity contribution >= 4 is 21.8 Å². The Kier molecular flexibility index (Phi) is 5.18. The molecule has 1 aromatic carbocycles. The molecule has 0 radical (unpaired) electrons. The first-order valence-electron chi connectivity index (χ1n) is 6.85. The maximum atomic E-state index is 12.3. The van der Waals surface area contributed by atoms with Crippen LogP contribution < -0.4 is 10.6 Å². The van der Waals surface area contributed by atoms with Crippen LogP contribution in [0.25, 0.3) is 0 Å². The summed E-state index contributed by atoms with van der Waals surface area (Å²) in [6.07, 6.45) is 2.15. The summed E-state index contributed by atoms with van der Waals surface area (Å²) in [6, 6.07) is 5.74. The third kappa shape index (κ3) is 3.59. The predicted octanol–water partition coefficient (Wildman–Crippen LogP) is 2.26. The topological polar surface area (TPSA) is 50.4 Å². The fourth-order valence-corrected chi connectivity index (χ4v) is 3.01. The van der Waals surface area contributed by atoms with Crippen LogP contribution in [0, 0.1) is 6.92 Å². The van der Waals surface area contributed by atoms with E-state index in [0.29, 0.717) is 18.7 Å². The van der Waals surface area contributed by atoms with Gasteiger partial charge in [-0.1, -0.05) is 22.0 Å². The van der Waals surface area contributed by atoms with Crippen molar-refractivity contribution in [2.24, 2.45) is 0 Å². The first-order valence-corrected chi connectivity index (χ1v) is 7.64. The summed E-state index contributed by atoms with van der Waals surface area (Å²) in [5.74, 6) is -0.0343. The Labute approximate surface area is 128 Å². The van der Waals surface area contributed by atoms with Crippen LogP contribution in [0.5, 0.6) is 0 Å². The molecule has 1 saturated heterocycles.